The highest BCUT2D eigenvalue weighted by Gasteiger charge is 2.05. The Morgan fingerprint density at radius 1 is 1.21 bits per heavy atom. The van der Waals surface area contributed by atoms with Crippen LogP contribution in [0, 0.1) is 0 Å². The highest BCUT2D eigenvalue weighted by atomic mass is 16.3. The number of furan rings is 1. The molecule has 0 atom stereocenters. The van der Waals surface area contributed by atoms with Crippen LogP contribution in [0.15, 0.2) is 64.3 Å². The van der Waals surface area contributed by atoms with Crippen LogP contribution in [0.25, 0.3) is 6.08 Å². The Kier molecular flexibility index (Phi) is 4.29. The summed E-state index contributed by atoms with van der Waals surface area (Å²) in [7, 11) is 0. The topological polar surface area (TPSA) is 54.6 Å². The van der Waals surface area contributed by atoms with E-state index in [1.54, 1.807) is 12.1 Å². The first-order chi connectivity index (χ1) is 9.25. The molecule has 0 saturated carbocycles. The molecule has 1 amide bonds. The minimum Gasteiger partial charge on any atom is -0.459 e. The minimum atomic E-state index is -0.363. The van der Waals surface area contributed by atoms with Gasteiger partial charge < -0.3 is 4.42 Å². The van der Waals surface area contributed by atoms with Crippen molar-refractivity contribution >= 4 is 17.7 Å². The molecule has 0 radical (unpaired) electrons. The monoisotopic (exact) mass is 254 g/mol. The van der Waals surface area contributed by atoms with Crippen LogP contribution in [-0.2, 0) is 0 Å². The molecule has 0 fully saturated rings. The van der Waals surface area contributed by atoms with E-state index in [9.17, 15) is 4.79 Å². The molecule has 0 saturated heterocycles. The van der Waals surface area contributed by atoms with Gasteiger partial charge in [0.05, 0.1) is 12.0 Å². The number of amides is 1. The summed E-state index contributed by atoms with van der Waals surface area (Å²) in [5.74, 6) is -0.124. The summed E-state index contributed by atoms with van der Waals surface area (Å²) in [5.41, 5.74) is 4.20. The fourth-order valence-electron chi connectivity index (χ4n) is 1.42. The Balaban J connectivity index is 1.93. The number of hydrazone groups is 1. The number of rotatable bonds is 4. The average Bonchev–Trinajstić information content (AvgIpc) is 2.98. The number of allylic oxidation sites excluding steroid dienone is 1. The van der Waals surface area contributed by atoms with Gasteiger partial charge in [-0.25, -0.2) is 5.43 Å². The fourth-order valence-corrected chi connectivity index (χ4v) is 1.42. The second-order valence-electron chi connectivity index (χ2n) is 3.92. The third-order valence-electron chi connectivity index (χ3n) is 2.40. The summed E-state index contributed by atoms with van der Waals surface area (Å²) >= 11 is 0. The predicted molar refractivity (Wildman–Crippen MR) is 74.8 cm³/mol. The molecular formula is C15H14N2O2. The number of nitrogens with zero attached hydrogens (tertiary/aromatic N) is 1. The van der Waals surface area contributed by atoms with Crippen LogP contribution >= 0.6 is 0 Å². The van der Waals surface area contributed by atoms with E-state index in [1.165, 1.54) is 6.26 Å². The standard InChI is InChI=1S/C15H14N2O2/c1-12(9-10-13-6-3-2-4-7-13)16-17-15(18)14-8-5-11-19-14/h2-11H,1H3,(H,17,18)/b10-9+,16-12+. The van der Waals surface area contributed by atoms with E-state index in [0.29, 0.717) is 5.71 Å². The van der Waals surface area contributed by atoms with E-state index >= 15 is 0 Å². The van der Waals surface area contributed by atoms with Gasteiger partial charge in [0.2, 0.25) is 0 Å². The van der Waals surface area contributed by atoms with Crippen molar-refractivity contribution in [1.29, 1.82) is 0 Å². The van der Waals surface area contributed by atoms with Crippen molar-refractivity contribution in [1.82, 2.24) is 5.43 Å². The third-order valence-corrected chi connectivity index (χ3v) is 2.40. The van der Waals surface area contributed by atoms with Gasteiger partial charge in [-0.2, -0.15) is 5.10 Å². The van der Waals surface area contributed by atoms with Crippen LogP contribution in [0.2, 0.25) is 0 Å². The number of hydrogen-bond acceptors (Lipinski definition) is 3. The van der Waals surface area contributed by atoms with Crippen LogP contribution in [0.5, 0.6) is 0 Å². The Bertz CT molecular complexity index is 584. The van der Waals surface area contributed by atoms with Crippen LogP contribution in [0.3, 0.4) is 0 Å². The highest BCUT2D eigenvalue weighted by molar-refractivity contribution is 5.98. The Morgan fingerprint density at radius 2 is 2.00 bits per heavy atom. The zero-order valence-corrected chi connectivity index (χ0v) is 10.5. The summed E-state index contributed by atoms with van der Waals surface area (Å²) in [6, 6.07) is 13.1. The number of benzene rings is 1. The first kappa shape index (κ1) is 12.8. The van der Waals surface area contributed by atoms with Crippen LogP contribution in [0.4, 0.5) is 0 Å². The van der Waals surface area contributed by atoms with Crippen molar-refractivity contribution in [3.63, 3.8) is 0 Å². The van der Waals surface area contributed by atoms with Gasteiger partial charge in [-0.3, -0.25) is 4.79 Å². The number of hydrogen-bond donors (Lipinski definition) is 1. The first-order valence-electron chi connectivity index (χ1n) is 5.87. The van der Waals surface area contributed by atoms with E-state index in [4.69, 9.17) is 4.42 Å². The van der Waals surface area contributed by atoms with E-state index in [1.807, 2.05) is 49.4 Å². The number of nitrogens with one attached hydrogen (secondary N) is 1. The number of carbonyl (C=O) groups excluding carboxylic acids is 1. The van der Waals surface area contributed by atoms with Crippen molar-refractivity contribution in [3.05, 3.63) is 66.1 Å². The molecule has 0 aliphatic rings. The normalized spacial score (nSPS) is 11.7. The van der Waals surface area contributed by atoms with Crippen LogP contribution in [-0.4, -0.2) is 11.6 Å². The average molecular weight is 254 g/mol. The maximum Gasteiger partial charge on any atom is 0.307 e. The smallest absolute Gasteiger partial charge is 0.307 e. The largest absolute Gasteiger partial charge is 0.459 e. The summed E-state index contributed by atoms with van der Waals surface area (Å²) in [4.78, 5) is 11.5. The molecule has 0 aliphatic heterocycles. The van der Waals surface area contributed by atoms with Crippen molar-refractivity contribution in [2.24, 2.45) is 5.10 Å². The predicted octanol–water partition coefficient (Wildman–Crippen LogP) is 3.10. The van der Waals surface area contributed by atoms with Crippen LogP contribution in [0.1, 0.15) is 23.0 Å². The summed E-state index contributed by atoms with van der Waals surface area (Å²) < 4.78 is 4.96. The molecule has 19 heavy (non-hydrogen) atoms. The van der Waals surface area contributed by atoms with Gasteiger partial charge in [0.25, 0.3) is 0 Å². The lowest BCUT2D eigenvalue weighted by Gasteiger charge is -1.97. The summed E-state index contributed by atoms with van der Waals surface area (Å²) in [6.45, 7) is 1.81. The SMILES string of the molecule is CC(/C=C/c1ccccc1)=N\NC(=O)c1ccco1. The zero-order chi connectivity index (χ0) is 13.5. The highest BCUT2D eigenvalue weighted by Crippen LogP contribution is 2.01. The van der Waals surface area contributed by atoms with Crippen molar-refractivity contribution in [3.8, 4) is 0 Å². The second-order valence-corrected chi connectivity index (χ2v) is 3.92. The summed E-state index contributed by atoms with van der Waals surface area (Å²) in [6.07, 6.45) is 5.20. The lowest BCUT2D eigenvalue weighted by Crippen LogP contribution is -2.17. The van der Waals surface area contributed by atoms with Crippen molar-refractivity contribution in [2.45, 2.75) is 6.92 Å². The molecule has 1 aromatic carbocycles. The number of carbonyl (C=O) groups is 1. The van der Waals surface area contributed by atoms with Crippen molar-refractivity contribution < 1.29 is 9.21 Å². The fraction of sp³-hybridized carbons (Fsp3) is 0.0667. The lowest BCUT2D eigenvalue weighted by molar-refractivity contribution is 0.0927. The Labute approximate surface area is 111 Å². The maximum atomic E-state index is 11.5. The Morgan fingerprint density at radius 3 is 2.68 bits per heavy atom. The molecule has 1 N–H and O–H groups in total. The summed E-state index contributed by atoms with van der Waals surface area (Å²) in [5, 5.41) is 3.97. The zero-order valence-electron chi connectivity index (χ0n) is 10.5. The molecular weight excluding hydrogens is 240 g/mol. The molecule has 0 spiro atoms. The van der Waals surface area contributed by atoms with E-state index in [0.717, 1.165) is 5.56 Å². The molecule has 0 aliphatic carbocycles. The first-order valence-corrected chi connectivity index (χ1v) is 5.87. The quantitative estimate of drug-likeness (QED) is 0.673. The van der Waals surface area contributed by atoms with Gasteiger partial charge in [0.15, 0.2) is 5.76 Å². The van der Waals surface area contributed by atoms with E-state index < -0.39 is 0 Å². The van der Waals surface area contributed by atoms with Crippen LogP contribution < -0.4 is 5.43 Å². The molecule has 1 heterocycles. The van der Waals surface area contributed by atoms with Gasteiger partial charge in [-0.15, -0.1) is 0 Å². The molecule has 0 bridgehead atoms. The molecule has 1 aromatic heterocycles. The third kappa shape index (κ3) is 3.96. The lowest BCUT2D eigenvalue weighted by atomic mass is 10.2. The maximum absolute atomic E-state index is 11.5. The van der Waals surface area contributed by atoms with Gasteiger partial charge in [0.1, 0.15) is 0 Å². The molecule has 4 nitrogen and oxygen atoms in total. The van der Waals surface area contributed by atoms with Gasteiger partial charge in [-0.1, -0.05) is 36.4 Å². The van der Waals surface area contributed by atoms with Gasteiger partial charge in [0, 0.05) is 0 Å². The van der Waals surface area contributed by atoms with E-state index in [-0.39, 0.29) is 11.7 Å². The van der Waals surface area contributed by atoms with E-state index in [2.05, 4.69) is 10.5 Å². The molecule has 2 aromatic rings. The second kappa shape index (κ2) is 6.35. The molecule has 0 unspecified atom stereocenters. The molecule has 2 rings (SSSR count). The van der Waals surface area contributed by atoms with Gasteiger partial charge >= 0.3 is 5.91 Å². The minimum absolute atomic E-state index is 0.239. The van der Waals surface area contributed by atoms with Crippen molar-refractivity contribution in [2.75, 3.05) is 0 Å². The Hall–Kier alpha value is -2.62. The van der Waals surface area contributed by atoms with Gasteiger partial charge in [-0.05, 0) is 30.7 Å². The molecule has 4 heteroatoms. The molecule has 96 valence electrons.